The molecule has 42 valence electrons. The fraction of sp³-hybridized carbons (Fsp3) is 0.667. The molecule has 0 bridgehead atoms. The zero-order valence-electron chi connectivity index (χ0n) is 4.42. The molecule has 0 atom stereocenters. The minimum absolute atomic E-state index is 0.420. The molecule has 0 heterocycles. The van der Waals surface area contributed by atoms with Crippen LogP contribution in [0.3, 0.4) is 0 Å². The Hall–Kier alpha value is -0.380. The van der Waals surface area contributed by atoms with Gasteiger partial charge < -0.3 is 5.73 Å². The highest BCUT2D eigenvalue weighted by atomic mass is 32.1. The van der Waals surface area contributed by atoms with Gasteiger partial charge in [-0.1, -0.05) is 12.8 Å². The molecular formula is C3H9N3S. The lowest BCUT2D eigenvalue weighted by molar-refractivity contribution is 0.837. The maximum Gasteiger partial charge on any atom is 0.200 e. The lowest BCUT2D eigenvalue weighted by Gasteiger charge is -2.05. The molecule has 0 spiro atoms. The van der Waals surface area contributed by atoms with Crippen LogP contribution in [0.25, 0.3) is 0 Å². The fourth-order valence-electron chi connectivity index (χ4n) is 0.145. The summed E-state index contributed by atoms with van der Waals surface area (Å²) in [6, 6.07) is 0. The van der Waals surface area contributed by atoms with Crippen molar-refractivity contribution in [2.24, 2.45) is 10.7 Å². The molecule has 0 unspecified atom stereocenters. The molecule has 0 rings (SSSR count). The molecule has 0 aromatic carbocycles. The first kappa shape index (κ1) is 6.62. The smallest absolute Gasteiger partial charge is 0.200 e. The van der Waals surface area contributed by atoms with Crippen molar-refractivity contribution in [2.75, 3.05) is 14.1 Å². The van der Waals surface area contributed by atoms with E-state index in [2.05, 4.69) is 17.8 Å². The first-order valence-corrected chi connectivity index (χ1v) is 2.23. The Balaban J connectivity index is 3.56. The molecule has 0 radical (unpaired) electrons. The zero-order chi connectivity index (χ0) is 5.86. The molecular weight excluding hydrogens is 110 g/mol. The summed E-state index contributed by atoms with van der Waals surface area (Å²) in [7, 11) is 3.33. The summed E-state index contributed by atoms with van der Waals surface area (Å²) < 4.78 is 1.44. The molecule has 4 heteroatoms. The van der Waals surface area contributed by atoms with Gasteiger partial charge in [-0.25, -0.2) is 0 Å². The Kier molecular flexibility index (Phi) is 2.59. The highest BCUT2D eigenvalue weighted by Gasteiger charge is 1.87. The molecule has 0 saturated carbocycles. The summed E-state index contributed by atoms with van der Waals surface area (Å²) in [5.74, 6) is 0.420. The van der Waals surface area contributed by atoms with Crippen LogP contribution >= 0.6 is 12.8 Å². The number of aliphatic imine (C=N–C) groups is 1. The van der Waals surface area contributed by atoms with Crippen LogP contribution < -0.4 is 5.73 Å². The average molecular weight is 119 g/mol. The second-order valence-electron chi connectivity index (χ2n) is 1.11. The maximum atomic E-state index is 5.22. The van der Waals surface area contributed by atoms with E-state index in [1.54, 1.807) is 14.1 Å². The lowest BCUT2D eigenvalue weighted by Crippen LogP contribution is -2.25. The van der Waals surface area contributed by atoms with Crippen molar-refractivity contribution in [3.63, 3.8) is 0 Å². The minimum Gasteiger partial charge on any atom is -0.369 e. The average Bonchev–Trinajstić information content (AvgIpc) is 1.65. The van der Waals surface area contributed by atoms with E-state index in [1.807, 2.05) is 0 Å². The third-order valence-electron chi connectivity index (χ3n) is 0.561. The lowest BCUT2D eigenvalue weighted by atomic mass is 11.0. The highest BCUT2D eigenvalue weighted by Crippen LogP contribution is 1.81. The summed E-state index contributed by atoms with van der Waals surface area (Å²) >= 11 is 3.85. The Morgan fingerprint density at radius 1 is 1.86 bits per heavy atom. The van der Waals surface area contributed by atoms with Gasteiger partial charge in [0.15, 0.2) is 0 Å². The van der Waals surface area contributed by atoms with E-state index in [1.165, 1.54) is 4.31 Å². The van der Waals surface area contributed by atoms with Crippen LogP contribution in [0.2, 0.25) is 0 Å². The van der Waals surface area contributed by atoms with Crippen LogP contribution in [0.5, 0.6) is 0 Å². The molecule has 0 aromatic rings. The number of rotatable bonds is 0. The summed E-state index contributed by atoms with van der Waals surface area (Å²) in [6.45, 7) is 0. The van der Waals surface area contributed by atoms with E-state index >= 15 is 0 Å². The number of thiol groups is 1. The normalized spacial score (nSPS) is 11.6. The standard InChI is InChI=1S/C3H9N3S/c1-5-3(4)6(2)7/h7H,1-2H3,(H2,4,5). The maximum absolute atomic E-state index is 5.22. The second kappa shape index (κ2) is 2.74. The Morgan fingerprint density at radius 3 is 2.29 bits per heavy atom. The number of hydrogen-bond acceptors (Lipinski definition) is 2. The number of hydrogen-bond donors (Lipinski definition) is 2. The van der Waals surface area contributed by atoms with E-state index in [0.29, 0.717) is 5.96 Å². The van der Waals surface area contributed by atoms with Gasteiger partial charge in [0, 0.05) is 14.1 Å². The van der Waals surface area contributed by atoms with Crippen molar-refractivity contribution < 1.29 is 0 Å². The molecule has 0 aliphatic heterocycles. The van der Waals surface area contributed by atoms with Gasteiger partial charge >= 0.3 is 0 Å². The van der Waals surface area contributed by atoms with Gasteiger partial charge in [0.1, 0.15) is 0 Å². The van der Waals surface area contributed by atoms with E-state index in [4.69, 9.17) is 5.73 Å². The SMILES string of the molecule is CN=C(N)N(C)S. The van der Waals surface area contributed by atoms with Crippen LogP contribution in [0.1, 0.15) is 0 Å². The molecule has 0 aliphatic rings. The van der Waals surface area contributed by atoms with E-state index in [9.17, 15) is 0 Å². The van der Waals surface area contributed by atoms with Crippen LogP contribution in [0.4, 0.5) is 0 Å². The van der Waals surface area contributed by atoms with Gasteiger partial charge in [0.2, 0.25) is 5.96 Å². The van der Waals surface area contributed by atoms with Gasteiger partial charge in [0.25, 0.3) is 0 Å². The van der Waals surface area contributed by atoms with Crippen LogP contribution in [0, 0.1) is 0 Å². The fourth-order valence-corrected chi connectivity index (χ4v) is 0.234. The predicted molar refractivity (Wildman–Crippen MR) is 34.3 cm³/mol. The Morgan fingerprint density at radius 2 is 2.29 bits per heavy atom. The summed E-state index contributed by atoms with van der Waals surface area (Å²) in [4.78, 5) is 3.63. The van der Waals surface area contributed by atoms with Crippen molar-refractivity contribution in [3.05, 3.63) is 0 Å². The number of nitrogens with zero attached hydrogens (tertiary/aromatic N) is 2. The van der Waals surface area contributed by atoms with Gasteiger partial charge in [-0.15, -0.1) is 0 Å². The van der Waals surface area contributed by atoms with E-state index < -0.39 is 0 Å². The van der Waals surface area contributed by atoms with Crippen molar-refractivity contribution >= 4 is 18.8 Å². The van der Waals surface area contributed by atoms with Crippen LogP contribution in [-0.2, 0) is 0 Å². The Bertz CT molecular complexity index is 78.2. The molecule has 3 nitrogen and oxygen atoms in total. The molecule has 0 amide bonds. The largest absolute Gasteiger partial charge is 0.369 e. The van der Waals surface area contributed by atoms with Crippen molar-refractivity contribution in [1.82, 2.24) is 4.31 Å². The minimum atomic E-state index is 0.420. The zero-order valence-corrected chi connectivity index (χ0v) is 5.31. The first-order chi connectivity index (χ1) is 3.18. The monoisotopic (exact) mass is 119 g/mol. The molecule has 2 N–H and O–H groups in total. The van der Waals surface area contributed by atoms with E-state index in [0.717, 1.165) is 0 Å². The summed E-state index contributed by atoms with van der Waals surface area (Å²) in [5.41, 5.74) is 5.22. The second-order valence-corrected chi connectivity index (χ2v) is 1.71. The molecule has 0 fully saturated rings. The predicted octanol–water partition coefficient (Wildman–Crippen LogP) is -0.292. The highest BCUT2D eigenvalue weighted by molar-refractivity contribution is 7.78. The molecule has 0 saturated heterocycles. The van der Waals surface area contributed by atoms with Gasteiger partial charge in [0.05, 0.1) is 0 Å². The number of guanidine groups is 1. The Labute approximate surface area is 48.8 Å². The van der Waals surface area contributed by atoms with Crippen molar-refractivity contribution in [2.45, 2.75) is 0 Å². The van der Waals surface area contributed by atoms with E-state index in [-0.39, 0.29) is 0 Å². The summed E-state index contributed by atoms with van der Waals surface area (Å²) in [5, 5.41) is 0. The van der Waals surface area contributed by atoms with Crippen LogP contribution in [0.15, 0.2) is 4.99 Å². The van der Waals surface area contributed by atoms with Crippen molar-refractivity contribution in [3.8, 4) is 0 Å². The van der Waals surface area contributed by atoms with Gasteiger partial charge in [-0.05, 0) is 0 Å². The van der Waals surface area contributed by atoms with Crippen LogP contribution in [-0.4, -0.2) is 24.4 Å². The molecule has 0 aromatic heterocycles. The van der Waals surface area contributed by atoms with Crippen molar-refractivity contribution in [1.29, 1.82) is 0 Å². The van der Waals surface area contributed by atoms with Gasteiger partial charge in [-0.2, -0.15) is 0 Å². The quantitative estimate of drug-likeness (QED) is 0.261. The first-order valence-electron chi connectivity index (χ1n) is 1.83. The topological polar surface area (TPSA) is 41.6 Å². The third kappa shape index (κ3) is 2.33. The van der Waals surface area contributed by atoms with Gasteiger partial charge in [-0.3, -0.25) is 9.30 Å². The number of nitrogens with two attached hydrogens (primary N) is 1. The molecule has 0 aliphatic carbocycles. The third-order valence-corrected chi connectivity index (χ3v) is 0.766. The molecule has 7 heavy (non-hydrogen) atoms. The summed E-state index contributed by atoms with van der Waals surface area (Å²) in [6.07, 6.45) is 0.